The molecule has 0 bridgehead atoms. The highest BCUT2D eigenvalue weighted by atomic mass is 32.2. The molecule has 0 fully saturated rings. The van der Waals surface area contributed by atoms with E-state index >= 15 is 0 Å². The Labute approximate surface area is 167 Å². The molecule has 1 N–H and O–H groups in total. The number of nitrogens with zero attached hydrogens (tertiary/aromatic N) is 4. The van der Waals surface area contributed by atoms with Crippen LogP contribution in [0.1, 0.15) is 6.42 Å². The second-order valence-corrected chi connectivity index (χ2v) is 7.32. The maximum absolute atomic E-state index is 12.4. The van der Waals surface area contributed by atoms with E-state index in [4.69, 9.17) is 0 Å². The van der Waals surface area contributed by atoms with Crippen molar-refractivity contribution < 1.29 is 4.79 Å². The second-order valence-electron chi connectivity index (χ2n) is 6.26. The molecule has 0 atom stereocenters. The molecule has 140 valence electrons. The number of anilines is 1. The Balaban J connectivity index is 1.37. The van der Waals surface area contributed by atoms with Gasteiger partial charge in [0.1, 0.15) is 0 Å². The van der Waals surface area contributed by atoms with Crippen molar-refractivity contribution in [2.24, 2.45) is 7.05 Å². The van der Waals surface area contributed by atoms with Gasteiger partial charge in [0.25, 0.3) is 0 Å². The van der Waals surface area contributed by atoms with E-state index in [1.54, 1.807) is 6.20 Å². The lowest BCUT2D eigenvalue weighted by Crippen LogP contribution is -2.12. The Hall–Kier alpha value is -3.19. The molecular formula is C21H19N5OS. The molecule has 0 aliphatic carbocycles. The Kier molecular flexibility index (Phi) is 5.34. The number of hydrogen-bond donors (Lipinski definition) is 1. The number of aromatic nitrogens is 4. The number of pyridine rings is 1. The summed E-state index contributed by atoms with van der Waals surface area (Å²) in [6.45, 7) is 0. The van der Waals surface area contributed by atoms with Crippen LogP contribution in [0.15, 0.2) is 72.0 Å². The Morgan fingerprint density at radius 2 is 1.86 bits per heavy atom. The van der Waals surface area contributed by atoms with Crippen LogP contribution in [-0.4, -0.2) is 31.4 Å². The largest absolute Gasteiger partial charge is 0.324 e. The lowest BCUT2D eigenvalue weighted by atomic mass is 10.2. The van der Waals surface area contributed by atoms with E-state index < -0.39 is 0 Å². The quantitative estimate of drug-likeness (QED) is 0.502. The fourth-order valence-corrected chi connectivity index (χ4v) is 3.78. The van der Waals surface area contributed by atoms with Gasteiger partial charge < -0.3 is 9.88 Å². The molecule has 28 heavy (non-hydrogen) atoms. The van der Waals surface area contributed by atoms with E-state index in [-0.39, 0.29) is 5.91 Å². The Bertz CT molecular complexity index is 1100. The smallest absolute Gasteiger partial charge is 0.225 e. The molecule has 1 amide bonds. The Morgan fingerprint density at radius 1 is 1.04 bits per heavy atom. The van der Waals surface area contributed by atoms with Crippen molar-refractivity contribution >= 4 is 34.3 Å². The lowest BCUT2D eigenvalue weighted by Gasteiger charge is -2.08. The molecule has 0 aliphatic rings. The van der Waals surface area contributed by atoms with E-state index in [1.807, 2.05) is 72.3 Å². The molecule has 0 radical (unpaired) electrons. The first-order valence-corrected chi connectivity index (χ1v) is 9.92. The minimum Gasteiger partial charge on any atom is -0.324 e. The zero-order valence-electron chi connectivity index (χ0n) is 15.4. The standard InChI is InChI=1S/C21H19N5OS/c1-26-20(16-7-3-2-4-8-16)24-25-21(26)28-14-12-18(27)23-17-11-5-9-15-10-6-13-22-19(15)17/h2-11,13H,12,14H2,1H3,(H,23,27). The average molecular weight is 389 g/mol. The molecule has 2 aromatic carbocycles. The number of thioether (sulfide) groups is 1. The first kappa shape index (κ1) is 18.2. The maximum atomic E-state index is 12.4. The third kappa shape index (κ3) is 3.89. The van der Waals surface area contributed by atoms with Crippen molar-refractivity contribution in [1.82, 2.24) is 19.7 Å². The first-order chi connectivity index (χ1) is 13.7. The highest BCUT2D eigenvalue weighted by Crippen LogP contribution is 2.24. The van der Waals surface area contributed by atoms with Gasteiger partial charge in [-0.1, -0.05) is 60.3 Å². The number of amides is 1. The third-order valence-corrected chi connectivity index (χ3v) is 5.36. The molecule has 0 unspecified atom stereocenters. The van der Waals surface area contributed by atoms with Crippen molar-refractivity contribution in [1.29, 1.82) is 0 Å². The Morgan fingerprint density at radius 3 is 2.71 bits per heavy atom. The third-order valence-electron chi connectivity index (χ3n) is 4.33. The van der Waals surface area contributed by atoms with Gasteiger partial charge in [-0.15, -0.1) is 10.2 Å². The summed E-state index contributed by atoms with van der Waals surface area (Å²) in [6, 6.07) is 19.6. The zero-order valence-corrected chi connectivity index (χ0v) is 16.2. The molecule has 2 heterocycles. The summed E-state index contributed by atoms with van der Waals surface area (Å²) in [4.78, 5) is 16.7. The number of nitrogens with one attached hydrogen (secondary N) is 1. The fourth-order valence-electron chi connectivity index (χ4n) is 2.93. The van der Waals surface area contributed by atoms with E-state index in [1.165, 1.54) is 11.8 Å². The van der Waals surface area contributed by atoms with Crippen molar-refractivity contribution in [2.45, 2.75) is 11.6 Å². The number of hydrogen-bond acceptors (Lipinski definition) is 5. The molecule has 4 aromatic rings. The van der Waals surface area contributed by atoms with Crippen molar-refractivity contribution in [3.63, 3.8) is 0 Å². The number of fused-ring (bicyclic) bond motifs is 1. The highest BCUT2D eigenvalue weighted by Gasteiger charge is 2.12. The van der Waals surface area contributed by atoms with Crippen LogP contribution < -0.4 is 5.32 Å². The number of carbonyl (C=O) groups is 1. The number of carbonyl (C=O) groups excluding carboxylic acids is 1. The fraction of sp³-hybridized carbons (Fsp3) is 0.143. The van der Waals surface area contributed by atoms with Crippen LogP contribution >= 0.6 is 11.8 Å². The summed E-state index contributed by atoms with van der Waals surface area (Å²) in [7, 11) is 1.94. The molecule has 0 spiro atoms. The van der Waals surface area contributed by atoms with Gasteiger partial charge in [0, 0.05) is 36.4 Å². The maximum Gasteiger partial charge on any atom is 0.225 e. The highest BCUT2D eigenvalue weighted by molar-refractivity contribution is 7.99. The average Bonchev–Trinajstić information content (AvgIpc) is 3.09. The first-order valence-electron chi connectivity index (χ1n) is 8.93. The summed E-state index contributed by atoms with van der Waals surface area (Å²) in [6.07, 6.45) is 2.10. The molecule has 0 saturated carbocycles. The van der Waals surface area contributed by atoms with E-state index in [9.17, 15) is 4.79 Å². The van der Waals surface area contributed by atoms with E-state index in [0.29, 0.717) is 12.2 Å². The van der Waals surface area contributed by atoms with E-state index in [2.05, 4.69) is 20.5 Å². The van der Waals surface area contributed by atoms with Gasteiger partial charge in [-0.25, -0.2) is 0 Å². The summed E-state index contributed by atoms with van der Waals surface area (Å²) in [5.74, 6) is 1.38. The van der Waals surface area contributed by atoms with Crippen LogP contribution in [0.25, 0.3) is 22.3 Å². The monoisotopic (exact) mass is 389 g/mol. The van der Waals surface area contributed by atoms with Gasteiger partial charge in [0.15, 0.2) is 11.0 Å². The molecule has 0 aliphatic heterocycles. The lowest BCUT2D eigenvalue weighted by molar-refractivity contribution is -0.115. The van der Waals surface area contributed by atoms with Gasteiger partial charge in [0.2, 0.25) is 5.91 Å². The topological polar surface area (TPSA) is 72.7 Å². The molecule has 0 saturated heterocycles. The van der Waals surface area contributed by atoms with E-state index in [0.717, 1.165) is 33.1 Å². The molecule has 7 heteroatoms. The van der Waals surface area contributed by atoms with Crippen molar-refractivity contribution in [2.75, 3.05) is 11.1 Å². The number of benzene rings is 2. The van der Waals surface area contributed by atoms with Crippen LogP contribution in [-0.2, 0) is 11.8 Å². The molecular weight excluding hydrogens is 370 g/mol. The minimum absolute atomic E-state index is 0.0453. The zero-order chi connectivity index (χ0) is 19.3. The summed E-state index contributed by atoms with van der Waals surface area (Å²) < 4.78 is 1.95. The summed E-state index contributed by atoms with van der Waals surface area (Å²) in [5.41, 5.74) is 2.55. The van der Waals surface area contributed by atoms with Gasteiger partial charge in [-0.3, -0.25) is 9.78 Å². The summed E-state index contributed by atoms with van der Waals surface area (Å²) >= 11 is 1.52. The van der Waals surface area contributed by atoms with Crippen LogP contribution in [0.5, 0.6) is 0 Å². The van der Waals surface area contributed by atoms with Gasteiger partial charge in [-0.05, 0) is 12.1 Å². The second kappa shape index (κ2) is 8.22. The van der Waals surface area contributed by atoms with Crippen LogP contribution in [0.2, 0.25) is 0 Å². The number of rotatable bonds is 6. The normalized spacial score (nSPS) is 10.9. The SMILES string of the molecule is Cn1c(SCCC(=O)Nc2cccc3cccnc23)nnc1-c1ccccc1. The van der Waals surface area contributed by atoms with Gasteiger partial charge in [0.05, 0.1) is 11.2 Å². The predicted octanol–water partition coefficient (Wildman–Crippen LogP) is 4.15. The minimum atomic E-state index is -0.0453. The van der Waals surface area contributed by atoms with Crippen molar-refractivity contribution in [3.8, 4) is 11.4 Å². The molecule has 2 aromatic heterocycles. The predicted molar refractivity (Wildman–Crippen MR) is 112 cm³/mol. The molecule has 6 nitrogen and oxygen atoms in total. The van der Waals surface area contributed by atoms with Gasteiger partial charge in [-0.2, -0.15) is 0 Å². The van der Waals surface area contributed by atoms with Crippen LogP contribution in [0, 0.1) is 0 Å². The number of para-hydroxylation sites is 1. The van der Waals surface area contributed by atoms with Crippen molar-refractivity contribution in [3.05, 3.63) is 66.9 Å². The van der Waals surface area contributed by atoms with Crippen LogP contribution in [0.4, 0.5) is 5.69 Å². The van der Waals surface area contributed by atoms with Crippen LogP contribution in [0.3, 0.4) is 0 Å². The van der Waals surface area contributed by atoms with Gasteiger partial charge >= 0.3 is 0 Å². The summed E-state index contributed by atoms with van der Waals surface area (Å²) in [5, 5.41) is 13.3. The molecule has 4 rings (SSSR count).